The maximum Gasteiger partial charge on any atom is 0.408 e. The molecule has 0 saturated carbocycles. The van der Waals surface area contributed by atoms with Gasteiger partial charge < -0.3 is 15.2 Å². The van der Waals surface area contributed by atoms with Crippen LogP contribution in [0.25, 0.3) is 0 Å². The molecule has 8 heteroatoms. The van der Waals surface area contributed by atoms with Crippen molar-refractivity contribution in [1.29, 1.82) is 0 Å². The van der Waals surface area contributed by atoms with Gasteiger partial charge in [0.05, 0.1) is 12.5 Å². The van der Waals surface area contributed by atoms with E-state index in [4.69, 9.17) is 4.74 Å². The largest absolute Gasteiger partial charge is 0.481 e. The summed E-state index contributed by atoms with van der Waals surface area (Å²) in [4.78, 5) is 28.4. The molecule has 0 spiro atoms. The maximum atomic E-state index is 14.8. The zero-order valence-corrected chi connectivity index (χ0v) is 17.7. The Bertz CT molecular complexity index is 974. The Hall–Kier alpha value is -3.03. The van der Waals surface area contributed by atoms with Gasteiger partial charge in [-0.2, -0.15) is 0 Å². The summed E-state index contributed by atoms with van der Waals surface area (Å²) in [6, 6.07) is 6.57. The van der Waals surface area contributed by atoms with Gasteiger partial charge in [-0.15, -0.1) is 0 Å². The molecule has 3 atom stereocenters. The van der Waals surface area contributed by atoms with Crippen molar-refractivity contribution in [2.24, 2.45) is 0 Å². The second kappa shape index (κ2) is 8.99. The Balaban J connectivity index is 2.10. The minimum atomic E-state index is -0.981. The standard InChI is InChI=1S/C23H26F2N2O4/c1-23(2,3)31-22(30)27-21-15(14-6-4-8-17(24)19(14)25)10-9-13(12-18(28)29)20-16(21)7-5-11-26-20/h4-8,11,13,15,21H,9-10,12H2,1-3H3,(H,27,30)(H,28,29)/t13-,15+,21+/m1/s1. The number of hydrogen-bond acceptors (Lipinski definition) is 4. The quantitative estimate of drug-likeness (QED) is 0.659. The molecule has 0 fully saturated rings. The number of nitrogens with zero attached hydrogens (tertiary/aromatic N) is 1. The van der Waals surface area contributed by atoms with Gasteiger partial charge >= 0.3 is 12.1 Å². The van der Waals surface area contributed by atoms with Crippen LogP contribution in [0, 0.1) is 11.6 Å². The van der Waals surface area contributed by atoms with Crippen LogP contribution in [0.5, 0.6) is 0 Å². The molecule has 2 N–H and O–H groups in total. The lowest BCUT2D eigenvalue weighted by atomic mass is 9.85. The molecule has 0 unspecified atom stereocenters. The molecule has 31 heavy (non-hydrogen) atoms. The van der Waals surface area contributed by atoms with Gasteiger partial charge in [-0.3, -0.25) is 9.78 Å². The SMILES string of the molecule is CC(C)(C)OC(=O)N[C@@H]1c2cccnc2[C@@H](CC(=O)O)CC[C@H]1c1cccc(F)c1F. The van der Waals surface area contributed by atoms with Crippen molar-refractivity contribution in [1.82, 2.24) is 10.3 Å². The zero-order valence-electron chi connectivity index (χ0n) is 17.7. The van der Waals surface area contributed by atoms with E-state index in [0.29, 0.717) is 24.1 Å². The highest BCUT2D eigenvalue weighted by molar-refractivity contribution is 5.69. The normalized spacial score (nSPS) is 21.0. The second-order valence-corrected chi connectivity index (χ2v) is 8.72. The van der Waals surface area contributed by atoms with Gasteiger partial charge in [0.2, 0.25) is 0 Å². The number of nitrogens with one attached hydrogen (secondary N) is 1. The fourth-order valence-electron chi connectivity index (χ4n) is 4.10. The average Bonchev–Trinajstić information content (AvgIpc) is 2.80. The number of carboxylic acid groups (broad SMARTS) is 1. The van der Waals surface area contributed by atoms with E-state index in [9.17, 15) is 23.5 Å². The topological polar surface area (TPSA) is 88.5 Å². The lowest BCUT2D eigenvalue weighted by molar-refractivity contribution is -0.137. The monoisotopic (exact) mass is 432 g/mol. The number of aromatic nitrogens is 1. The van der Waals surface area contributed by atoms with Gasteiger partial charge in [0.15, 0.2) is 11.6 Å². The van der Waals surface area contributed by atoms with Crippen molar-refractivity contribution in [3.8, 4) is 0 Å². The summed E-state index contributed by atoms with van der Waals surface area (Å²) in [7, 11) is 0. The van der Waals surface area contributed by atoms with E-state index in [1.165, 1.54) is 12.1 Å². The first kappa shape index (κ1) is 22.7. The first-order valence-electron chi connectivity index (χ1n) is 10.2. The first-order chi connectivity index (χ1) is 14.6. The molecule has 0 aliphatic heterocycles. The molecule has 1 amide bonds. The third-order valence-electron chi connectivity index (χ3n) is 5.30. The zero-order chi connectivity index (χ0) is 22.8. The van der Waals surface area contributed by atoms with Crippen LogP contribution in [0.1, 0.15) is 74.7 Å². The molecular formula is C23H26F2N2O4. The van der Waals surface area contributed by atoms with Crippen LogP contribution in [-0.2, 0) is 9.53 Å². The highest BCUT2D eigenvalue weighted by atomic mass is 19.2. The molecule has 2 aromatic rings. The number of halogens is 2. The van der Waals surface area contributed by atoms with Gasteiger partial charge in [-0.25, -0.2) is 13.6 Å². The van der Waals surface area contributed by atoms with Crippen LogP contribution in [0.15, 0.2) is 36.5 Å². The first-order valence-corrected chi connectivity index (χ1v) is 10.2. The molecule has 0 saturated heterocycles. The number of aliphatic carboxylic acids is 1. The maximum absolute atomic E-state index is 14.8. The molecule has 1 aliphatic carbocycles. The number of amides is 1. The molecule has 6 nitrogen and oxygen atoms in total. The number of carbonyl (C=O) groups is 2. The summed E-state index contributed by atoms with van der Waals surface area (Å²) >= 11 is 0. The van der Waals surface area contributed by atoms with Crippen molar-refractivity contribution in [2.45, 2.75) is 63.5 Å². The summed E-state index contributed by atoms with van der Waals surface area (Å²) in [6.07, 6.45) is 1.42. The Morgan fingerprint density at radius 1 is 1.16 bits per heavy atom. The Morgan fingerprint density at radius 3 is 2.55 bits per heavy atom. The number of carboxylic acids is 1. The molecule has 1 aromatic heterocycles. The number of hydrogen-bond donors (Lipinski definition) is 2. The summed E-state index contributed by atoms with van der Waals surface area (Å²) in [6.45, 7) is 5.17. The number of ether oxygens (including phenoxy) is 1. The minimum Gasteiger partial charge on any atom is -0.481 e. The van der Waals surface area contributed by atoms with Crippen LogP contribution < -0.4 is 5.32 Å². The van der Waals surface area contributed by atoms with Gasteiger partial charge in [-0.1, -0.05) is 18.2 Å². The number of pyridine rings is 1. The van der Waals surface area contributed by atoms with Crippen molar-refractivity contribution in [2.75, 3.05) is 0 Å². The Labute approximate surface area is 179 Å². The molecule has 1 aliphatic rings. The lowest BCUT2D eigenvalue weighted by Gasteiger charge is -2.29. The van der Waals surface area contributed by atoms with Crippen LogP contribution in [0.4, 0.5) is 13.6 Å². The van der Waals surface area contributed by atoms with E-state index < -0.39 is 47.2 Å². The fourth-order valence-corrected chi connectivity index (χ4v) is 4.10. The molecule has 0 radical (unpaired) electrons. The molecule has 3 rings (SSSR count). The Morgan fingerprint density at radius 2 is 1.87 bits per heavy atom. The third-order valence-corrected chi connectivity index (χ3v) is 5.30. The van der Waals surface area contributed by atoms with E-state index in [1.807, 2.05) is 0 Å². The van der Waals surface area contributed by atoms with Crippen molar-refractivity contribution < 1.29 is 28.2 Å². The van der Waals surface area contributed by atoms with Crippen molar-refractivity contribution in [3.63, 3.8) is 0 Å². The number of benzene rings is 1. The predicted octanol–water partition coefficient (Wildman–Crippen LogP) is 5.06. The van der Waals surface area contributed by atoms with Gasteiger partial charge in [0, 0.05) is 23.7 Å². The summed E-state index contributed by atoms with van der Waals surface area (Å²) in [5.41, 5.74) is 0.473. The molecule has 1 aromatic carbocycles. The molecule has 0 bridgehead atoms. The van der Waals surface area contributed by atoms with Gasteiger partial charge in [-0.05, 0) is 56.9 Å². The number of carbonyl (C=O) groups excluding carboxylic acids is 1. The lowest BCUT2D eigenvalue weighted by Crippen LogP contribution is -2.37. The fraction of sp³-hybridized carbons (Fsp3) is 0.435. The average molecular weight is 432 g/mol. The van der Waals surface area contributed by atoms with Crippen LogP contribution >= 0.6 is 0 Å². The highest BCUT2D eigenvalue weighted by Gasteiger charge is 2.37. The van der Waals surface area contributed by atoms with Gasteiger partial charge in [0.1, 0.15) is 5.60 Å². The summed E-state index contributed by atoms with van der Waals surface area (Å²) < 4.78 is 34.2. The molecular weight excluding hydrogens is 406 g/mol. The van der Waals surface area contributed by atoms with E-state index in [-0.39, 0.29) is 12.0 Å². The second-order valence-electron chi connectivity index (χ2n) is 8.72. The van der Waals surface area contributed by atoms with E-state index in [1.54, 1.807) is 39.1 Å². The number of fused-ring (bicyclic) bond motifs is 1. The van der Waals surface area contributed by atoms with Crippen molar-refractivity contribution in [3.05, 3.63) is 65.0 Å². The number of alkyl carbamates (subject to hydrolysis) is 1. The van der Waals surface area contributed by atoms with Crippen molar-refractivity contribution >= 4 is 12.1 Å². The van der Waals surface area contributed by atoms with Crippen LogP contribution in [-0.4, -0.2) is 27.8 Å². The van der Waals surface area contributed by atoms with Gasteiger partial charge in [0.25, 0.3) is 0 Å². The van der Waals surface area contributed by atoms with E-state index in [2.05, 4.69) is 10.3 Å². The third kappa shape index (κ3) is 5.37. The number of rotatable bonds is 4. The van der Waals surface area contributed by atoms with Crippen LogP contribution in [0.2, 0.25) is 0 Å². The Kier molecular flexibility index (Phi) is 6.57. The molecule has 1 heterocycles. The van der Waals surface area contributed by atoms with E-state index in [0.717, 1.165) is 6.07 Å². The highest BCUT2D eigenvalue weighted by Crippen LogP contribution is 2.45. The summed E-state index contributed by atoms with van der Waals surface area (Å²) in [5, 5.41) is 12.2. The smallest absolute Gasteiger partial charge is 0.408 e. The van der Waals surface area contributed by atoms with Crippen LogP contribution in [0.3, 0.4) is 0 Å². The summed E-state index contributed by atoms with van der Waals surface area (Å²) in [5.74, 6) is -3.99. The predicted molar refractivity (Wildman–Crippen MR) is 110 cm³/mol. The van der Waals surface area contributed by atoms with E-state index >= 15 is 0 Å². The molecule has 166 valence electrons. The minimum absolute atomic E-state index is 0.117.